The van der Waals surface area contributed by atoms with Crippen molar-refractivity contribution < 1.29 is 23.8 Å². The summed E-state index contributed by atoms with van der Waals surface area (Å²) in [6.45, 7) is 7.51. The van der Waals surface area contributed by atoms with Crippen molar-refractivity contribution in [3.63, 3.8) is 0 Å². The van der Waals surface area contributed by atoms with Crippen LogP contribution in [0.25, 0.3) is 0 Å². The molecule has 0 saturated heterocycles. The molecule has 64 heavy (non-hydrogen) atoms. The fourth-order valence-electron chi connectivity index (χ4n) is 7.16. The molecule has 0 aliphatic carbocycles. The van der Waals surface area contributed by atoms with Crippen LogP contribution in [0.5, 0.6) is 0 Å². The summed E-state index contributed by atoms with van der Waals surface area (Å²) >= 11 is 0. The minimum atomic E-state index is -0.566. The highest BCUT2D eigenvalue weighted by Crippen LogP contribution is 2.13. The predicted molar refractivity (Wildman–Crippen MR) is 279 cm³/mol. The van der Waals surface area contributed by atoms with Crippen molar-refractivity contribution in [2.45, 2.75) is 245 Å². The molecular formula is C59H100O5. The summed E-state index contributed by atoms with van der Waals surface area (Å²) in [4.78, 5) is 25.4. The van der Waals surface area contributed by atoms with Gasteiger partial charge in [-0.15, -0.1) is 0 Å². The van der Waals surface area contributed by atoms with Crippen molar-refractivity contribution in [3.8, 4) is 0 Å². The van der Waals surface area contributed by atoms with Crippen molar-refractivity contribution in [2.24, 2.45) is 0 Å². The first-order valence-corrected chi connectivity index (χ1v) is 26.8. The second kappa shape index (κ2) is 54.2. The van der Waals surface area contributed by atoms with E-state index in [1.165, 1.54) is 83.5 Å². The lowest BCUT2D eigenvalue weighted by atomic mass is 10.1. The lowest BCUT2D eigenvalue weighted by Gasteiger charge is -2.18. The van der Waals surface area contributed by atoms with Gasteiger partial charge in [0.1, 0.15) is 6.61 Å². The van der Waals surface area contributed by atoms with Crippen LogP contribution in [-0.2, 0) is 23.8 Å². The molecule has 0 radical (unpaired) electrons. The monoisotopic (exact) mass is 889 g/mol. The van der Waals surface area contributed by atoms with Gasteiger partial charge in [-0.05, 0) is 116 Å². The normalized spacial score (nSPS) is 13.0. The van der Waals surface area contributed by atoms with Gasteiger partial charge in [-0.1, -0.05) is 208 Å². The van der Waals surface area contributed by atoms with Crippen LogP contribution in [0, 0.1) is 0 Å². The number of unbranched alkanes of at least 4 members (excludes halogenated alkanes) is 21. The second-order valence-electron chi connectivity index (χ2n) is 17.4. The zero-order chi connectivity index (χ0) is 46.3. The van der Waals surface area contributed by atoms with Crippen LogP contribution in [0.2, 0.25) is 0 Å². The molecule has 0 fully saturated rings. The van der Waals surface area contributed by atoms with E-state index >= 15 is 0 Å². The molecular weight excluding hydrogens is 789 g/mol. The molecule has 0 aliphatic heterocycles. The lowest BCUT2D eigenvalue weighted by Crippen LogP contribution is -2.30. The SMILES string of the molecule is CC/C=C\C/C=C\C/C=C\C/C=C\CCCCCOCC(COC(=O)CCCCCCCCC/C=C\C/C=C\C/C=C\CC)OC(=O)CCCCCCC/C=C\CCCCCCCC. The van der Waals surface area contributed by atoms with Crippen molar-refractivity contribution in [3.05, 3.63) is 97.2 Å². The van der Waals surface area contributed by atoms with Crippen molar-refractivity contribution in [1.29, 1.82) is 0 Å². The van der Waals surface area contributed by atoms with E-state index in [-0.39, 0.29) is 25.2 Å². The molecule has 0 bridgehead atoms. The Balaban J connectivity index is 4.37. The summed E-state index contributed by atoms with van der Waals surface area (Å²) < 4.78 is 17.4. The highest BCUT2D eigenvalue weighted by atomic mass is 16.6. The van der Waals surface area contributed by atoms with E-state index in [2.05, 4.69) is 118 Å². The molecule has 1 unspecified atom stereocenters. The molecule has 0 aliphatic rings. The van der Waals surface area contributed by atoms with E-state index < -0.39 is 6.10 Å². The molecule has 0 N–H and O–H groups in total. The van der Waals surface area contributed by atoms with Gasteiger partial charge in [-0.2, -0.15) is 0 Å². The topological polar surface area (TPSA) is 61.8 Å². The Morgan fingerprint density at radius 2 is 0.703 bits per heavy atom. The Kier molecular flexibility index (Phi) is 51.5. The van der Waals surface area contributed by atoms with Crippen LogP contribution < -0.4 is 0 Å². The lowest BCUT2D eigenvalue weighted by molar-refractivity contribution is -0.163. The Morgan fingerprint density at radius 1 is 0.359 bits per heavy atom. The first-order valence-electron chi connectivity index (χ1n) is 26.8. The molecule has 0 rings (SSSR count). The highest BCUT2D eigenvalue weighted by Gasteiger charge is 2.17. The number of esters is 2. The van der Waals surface area contributed by atoms with E-state index in [4.69, 9.17) is 14.2 Å². The maximum absolute atomic E-state index is 12.8. The zero-order valence-corrected chi connectivity index (χ0v) is 42.0. The number of carbonyl (C=O) groups excluding carboxylic acids is 2. The smallest absolute Gasteiger partial charge is 0.306 e. The van der Waals surface area contributed by atoms with Gasteiger partial charge >= 0.3 is 11.9 Å². The molecule has 0 spiro atoms. The van der Waals surface area contributed by atoms with Crippen LogP contribution in [0.1, 0.15) is 239 Å². The van der Waals surface area contributed by atoms with Crippen molar-refractivity contribution >= 4 is 11.9 Å². The maximum Gasteiger partial charge on any atom is 0.306 e. The Bertz CT molecular complexity index is 1230. The number of rotatable bonds is 48. The Labute approximate surface area is 396 Å². The third-order valence-electron chi connectivity index (χ3n) is 11.1. The molecule has 0 heterocycles. The van der Waals surface area contributed by atoms with E-state index in [0.29, 0.717) is 19.4 Å². The third-order valence-corrected chi connectivity index (χ3v) is 11.1. The fraction of sp³-hybridized carbons (Fsp3) is 0.695. The Morgan fingerprint density at radius 3 is 1.14 bits per heavy atom. The zero-order valence-electron chi connectivity index (χ0n) is 42.0. The van der Waals surface area contributed by atoms with E-state index in [9.17, 15) is 9.59 Å². The summed E-state index contributed by atoms with van der Waals surface area (Å²) in [7, 11) is 0. The molecule has 5 nitrogen and oxygen atoms in total. The van der Waals surface area contributed by atoms with Gasteiger partial charge in [0.05, 0.1) is 6.61 Å². The molecule has 0 aromatic carbocycles. The quantitative estimate of drug-likeness (QED) is 0.0346. The second-order valence-corrected chi connectivity index (χ2v) is 17.4. The first kappa shape index (κ1) is 60.8. The molecule has 0 amide bonds. The number of allylic oxidation sites excluding steroid dienone is 16. The van der Waals surface area contributed by atoms with Crippen molar-refractivity contribution in [1.82, 2.24) is 0 Å². The molecule has 366 valence electrons. The molecule has 0 aromatic rings. The van der Waals surface area contributed by atoms with Gasteiger partial charge in [0.2, 0.25) is 0 Å². The van der Waals surface area contributed by atoms with E-state index in [0.717, 1.165) is 122 Å². The average molecular weight is 889 g/mol. The first-order chi connectivity index (χ1) is 31.6. The van der Waals surface area contributed by atoms with Crippen LogP contribution >= 0.6 is 0 Å². The number of hydrogen-bond donors (Lipinski definition) is 0. The van der Waals surface area contributed by atoms with Gasteiger partial charge in [0.15, 0.2) is 6.10 Å². The largest absolute Gasteiger partial charge is 0.462 e. The minimum absolute atomic E-state index is 0.0593. The van der Waals surface area contributed by atoms with Crippen LogP contribution in [0.15, 0.2) is 97.2 Å². The molecule has 5 heteroatoms. The third kappa shape index (κ3) is 51.5. The predicted octanol–water partition coefficient (Wildman–Crippen LogP) is 18.2. The van der Waals surface area contributed by atoms with Gasteiger partial charge < -0.3 is 14.2 Å². The summed E-state index contributed by atoms with van der Waals surface area (Å²) in [5.74, 6) is -0.437. The van der Waals surface area contributed by atoms with E-state index in [1.807, 2.05) is 0 Å². The standard InChI is InChI=1S/C59H100O5/c1-4-7-10-13-16-19-22-25-28-30-32-34-37-40-43-46-49-52-58(60)63-56-57(55-62-54-51-48-45-42-39-36-33-29-26-23-20-17-14-11-8-5-2)64-59(61)53-50-47-44-41-38-35-31-27-24-21-18-15-12-9-6-3/h7-8,10-11,16-17,19-20,25-29,31,36,39,57H,4-6,9,12-15,18,21-24,30,32-35,37-38,40-56H2,1-3H3/b10-7-,11-8-,19-16-,20-17-,28-25-,29-26-,31-27-,39-36-. The van der Waals surface area contributed by atoms with Gasteiger partial charge in [-0.25, -0.2) is 0 Å². The number of carbonyl (C=O) groups is 2. The molecule has 0 saturated carbocycles. The summed E-state index contributed by atoms with van der Waals surface area (Å²) in [6.07, 6.45) is 72.8. The average Bonchev–Trinajstić information content (AvgIpc) is 3.30. The Hall–Kier alpha value is -3.18. The van der Waals surface area contributed by atoms with E-state index in [1.54, 1.807) is 0 Å². The maximum atomic E-state index is 12.8. The summed E-state index contributed by atoms with van der Waals surface area (Å²) in [6, 6.07) is 0. The number of hydrogen-bond acceptors (Lipinski definition) is 5. The van der Waals surface area contributed by atoms with Gasteiger partial charge in [-0.3, -0.25) is 9.59 Å². The van der Waals surface area contributed by atoms with Crippen molar-refractivity contribution in [2.75, 3.05) is 19.8 Å². The number of ether oxygens (including phenoxy) is 3. The molecule has 0 aromatic heterocycles. The summed E-state index contributed by atoms with van der Waals surface area (Å²) in [5.41, 5.74) is 0. The van der Waals surface area contributed by atoms with Crippen LogP contribution in [0.4, 0.5) is 0 Å². The van der Waals surface area contributed by atoms with Gasteiger partial charge in [0, 0.05) is 19.4 Å². The minimum Gasteiger partial charge on any atom is -0.462 e. The molecule has 1 atom stereocenters. The van der Waals surface area contributed by atoms with Crippen LogP contribution in [-0.4, -0.2) is 37.9 Å². The fourth-order valence-corrected chi connectivity index (χ4v) is 7.16. The van der Waals surface area contributed by atoms with Gasteiger partial charge in [0.25, 0.3) is 0 Å². The summed E-state index contributed by atoms with van der Waals surface area (Å²) in [5, 5.41) is 0. The van der Waals surface area contributed by atoms with Crippen LogP contribution in [0.3, 0.4) is 0 Å². The highest BCUT2D eigenvalue weighted by molar-refractivity contribution is 5.70.